The van der Waals surface area contributed by atoms with Crippen LogP contribution in [0.3, 0.4) is 0 Å². The summed E-state index contributed by atoms with van der Waals surface area (Å²) >= 11 is 1.88. The maximum atomic E-state index is 6.67. The second-order valence-corrected chi connectivity index (χ2v) is 21.0. The molecule has 4 heteroatoms. The van der Waals surface area contributed by atoms with Gasteiger partial charge in [-0.2, -0.15) is 0 Å². The summed E-state index contributed by atoms with van der Waals surface area (Å²) in [4.78, 5) is 2.48. The molecule has 2 nitrogen and oxygen atoms in total. The summed E-state index contributed by atoms with van der Waals surface area (Å²) in [5.74, 6) is 0. The van der Waals surface area contributed by atoms with E-state index in [4.69, 9.17) is 4.42 Å². The molecule has 56 heavy (non-hydrogen) atoms. The first kappa shape index (κ1) is 31.8. The van der Waals surface area contributed by atoms with Crippen LogP contribution in [0.25, 0.3) is 85.9 Å². The monoisotopic (exact) mass is 749 g/mol. The van der Waals surface area contributed by atoms with Gasteiger partial charge in [0.05, 0.1) is 10.4 Å². The van der Waals surface area contributed by atoms with E-state index in [1.54, 1.807) is 0 Å². The molecule has 0 atom stereocenters. The number of benzene rings is 9. The topological polar surface area (TPSA) is 16.4 Å². The van der Waals surface area contributed by atoms with Crippen LogP contribution in [0.2, 0.25) is 13.1 Å². The van der Waals surface area contributed by atoms with Gasteiger partial charge in [-0.1, -0.05) is 140 Å². The summed E-state index contributed by atoms with van der Waals surface area (Å²) in [6, 6.07) is 65.0. The zero-order valence-corrected chi connectivity index (χ0v) is 32.8. The lowest BCUT2D eigenvalue weighted by Crippen LogP contribution is -2.49. The van der Waals surface area contributed by atoms with Crippen LogP contribution in [0.15, 0.2) is 180 Å². The minimum Gasteiger partial charge on any atom is -0.455 e. The van der Waals surface area contributed by atoms with Crippen molar-refractivity contribution in [2.75, 3.05) is 4.90 Å². The van der Waals surface area contributed by atoms with E-state index in [-0.39, 0.29) is 0 Å². The van der Waals surface area contributed by atoms with E-state index in [1.165, 1.54) is 91.1 Å². The molecule has 0 fully saturated rings. The molecule has 0 amide bonds. The van der Waals surface area contributed by atoms with Crippen LogP contribution in [-0.2, 0) is 0 Å². The van der Waals surface area contributed by atoms with Gasteiger partial charge in [-0.15, -0.1) is 11.3 Å². The Balaban J connectivity index is 1.10. The van der Waals surface area contributed by atoms with Crippen molar-refractivity contribution in [2.45, 2.75) is 13.1 Å². The van der Waals surface area contributed by atoms with Crippen molar-refractivity contribution in [3.05, 3.63) is 176 Å². The van der Waals surface area contributed by atoms with Gasteiger partial charge in [-0.05, 0) is 97.3 Å². The Kier molecular flexibility index (Phi) is 6.69. The zero-order chi connectivity index (χ0) is 37.1. The van der Waals surface area contributed by atoms with E-state index in [0.717, 1.165) is 22.2 Å². The molecular weight excluding hydrogens is 715 g/mol. The Morgan fingerprint density at radius 1 is 0.482 bits per heavy atom. The van der Waals surface area contributed by atoms with Crippen LogP contribution >= 0.6 is 11.3 Å². The van der Waals surface area contributed by atoms with E-state index in [1.807, 2.05) is 11.3 Å². The van der Waals surface area contributed by atoms with Crippen molar-refractivity contribution in [1.82, 2.24) is 0 Å². The number of furan rings is 1. The Labute approximate surface area is 329 Å². The van der Waals surface area contributed by atoms with Gasteiger partial charge in [0.25, 0.3) is 0 Å². The van der Waals surface area contributed by atoms with Crippen LogP contribution in [0.4, 0.5) is 17.1 Å². The van der Waals surface area contributed by atoms with Crippen LogP contribution < -0.4 is 15.3 Å². The van der Waals surface area contributed by atoms with Crippen molar-refractivity contribution in [1.29, 1.82) is 0 Å². The van der Waals surface area contributed by atoms with E-state index in [9.17, 15) is 0 Å². The smallest absolute Gasteiger partial charge is 0.143 e. The maximum absolute atomic E-state index is 6.67. The van der Waals surface area contributed by atoms with Gasteiger partial charge in [-0.25, -0.2) is 0 Å². The number of hydrogen-bond donors (Lipinski definition) is 0. The minimum atomic E-state index is -1.82. The summed E-state index contributed by atoms with van der Waals surface area (Å²) in [5, 5.41) is 12.8. The normalized spacial score (nSPS) is 13.3. The molecule has 0 saturated heterocycles. The fourth-order valence-corrected chi connectivity index (χ4v) is 13.9. The molecule has 11 aromatic rings. The van der Waals surface area contributed by atoms with Gasteiger partial charge >= 0.3 is 0 Å². The quantitative estimate of drug-likeness (QED) is 0.167. The predicted octanol–water partition coefficient (Wildman–Crippen LogP) is 14.2. The van der Waals surface area contributed by atoms with Crippen molar-refractivity contribution in [2.24, 2.45) is 0 Å². The fraction of sp³-hybridized carbons (Fsp3) is 0.0385. The summed E-state index contributed by atoms with van der Waals surface area (Å²) in [6.07, 6.45) is 0. The van der Waals surface area contributed by atoms with Gasteiger partial charge in [0.1, 0.15) is 19.2 Å². The highest BCUT2D eigenvalue weighted by Crippen LogP contribution is 2.49. The average Bonchev–Trinajstić information content (AvgIpc) is 3.89. The van der Waals surface area contributed by atoms with Gasteiger partial charge in [0, 0.05) is 43.0 Å². The molecule has 0 bridgehead atoms. The van der Waals surface area contributed by atoms with Crippen molar-refractivity contribution in [3.8, 4) is 22.3 Å². The third-order valence-corrected chi connectivity index (χ3v) is 17.0. The summed E-state index contributed by atoms with van der Waals surface area (Å²) in [6.45, 7) is 4.98. The van der Waals surface area contributed by atoms with E-state index in [2.05, 4.69) is 194 Å². The fourth-order valence-electron chi connectivity index (χ4n) is 9.59. The highest BCUT2D eigenvalue weighted by atomic mass is 32.1. The second kappa shape index (κ2) is 11.8. The number of thiophene rings is 1. The lowest BCUT2D eigenvalue weighted by atomic mass is 9.98. The molecule has 2 aromatic heterocycles. The largest absolute Gasteiger partial charge is 0.455 e. The Bertz CT molecular complexity index is 3400. The van der Waals surface area contributed by atoms with Crippen molar-refractivity contribution >= 4 is 111 Å². The standard InChI is InChI=1S/C52H35NOSSi/c1-56(2)47-20-8-7-16-40(47)43-31-36(26-30-48(43)56)53(35-24-21-34(22-25-35)38-17-9-13-32-11-3-5-14-37(32)38)44-19-10-18-42-50-46(55-52(42)44)29-28-45-49(50)41-27-23-33-12-4-6-15-39(33)51(41)54-45/h3-31H,1-2H3. The first-order valence-electron chi connectivity index (χ1n) is 19.3. The highest BCUT2D eigenvalue weighted by molar-refractivity contribution is 7.26. The lowest BCUT2D eigenvalue weighted by molar-refractivity contribution is 0.673. The molecule has 0 radical (unpaired) electrons. The van der Waals surface area contributed by atoms with Gasteiger partial charge in [0.2, 0.25) is 0 Å². The number of anilines is 3. The SMILES string of the molecule is C[Si]1(C)c2ccccc2-c2cc(N(c3ccc(-c4cccc5ccccc45)cc3)c3cccc4c3sc3ccc5oc6c7ccccc7ccc6c5c34)ccc21. The molecule has 9 aromatic carbocycles. The summed E-state index contributed by atoms with van der Waals surface area (Å²) < 4.78 is 9.19. The van der Waals surface area contributed by atoms with Crippen LogP contribution in [0.1, 0.15) is 0 Å². The third-order valence-electron chi connectivity index (χ3n) is 12.3. The first-order valence-corrected chi connectivity index (χ1v) is 23.2. The van der Waals surface area contributed by atoms with Crippen molar-refractivity contribution in [3.63, 3.8) is 0 Å². The molecular formula is C52H35NOSSi. The minimum absolute atomic E-state index is 0.930. The predicted molar refractivity (Wildman–Crippen MR) is 244 cm³/mol. The number of nitrogens with zero attached hydrogens (tertiary/aromatic N) is 1. The molecule has 3 heterocycles. The molecule has 0 aliphatic carbocycles. The van der Waals surface area contributed by atoms with Crippen molar-refractivity contribution < 1.29 is 4.42 Å². The number of hydrogen-bond acceptors (Lipinski definition) is 3. The van der Waals surface area contributed by atoms with Crippen LogP contribution in [0, 0.1) is 0 Å². The van der Waals surface area contributed by atoms with E-state index in [0.29, 0.717) is 0 Å². The second-order valence-electron chi connectivity index (χ2n) is 15.6. The zero-order valence-electron chi connectivity index (χ0n) is 31.0. The van der Waals surface area contributed by atoms with Gasteiger partial charge in [0.15, 0.2) is 0 Å². The van der Waals surface area contributed by atoms with Crippen LogP contribution in [0.5, 0.6) is 0 Å². The van der Waals surface area contributed by atoms with Gasteiger partial charge in [-0.3, -0.25) is 0 Å². The molecule has 0 unspecified atom stereocenters. The third kappa shape index (κ3) is 4.48. The molecule has 264 valence electrons. The van der Waals surface area contributed by atoms with Crippen LogP contribution in [-0.4, -0.2) is 8.07 Å². The Hall–Kier alpha value is -6.46. The average molecular weight is 750 g/mol. The number of rotatable bonds is 4. The molecule has 1 aliphatic heterocycles. The molecule has 0 N–H and O–H groups in total. The number of fused-ring (bicyclic) bond motifs is 13. The Morgan fingerprint density at radius 3 is 2.04 bits per heavy atom. The molecule has 12 rings (SSSR count). The molecule has 1 aliphatic rings. The molecule has 0 spiro atoms. The summed E-state index contributed by atoms with van der Waals surface area (Å²) in [7, 11) is -1.82. The Morgan fingerprint density at radius 2 is 1.16 bits per heavy atom. The highest BCUT2D eigenvalue weighted by Gasteiger charge is 2.37. The van der Waals surface area contributed by atoms with E-state index < -0.39 is 8.07 Å². The van der Waals surface area contributed by atoms with Gasteiger partial charge < -0.3 is 9.32 Å². The first-order chi connectivity index (χ1) is 27.5. The maximum Gasteiger partial charge on any atom is 0.143 e. The van der Waals surface area contributed by atoms with E-state index >= 15 is 0 Å². The molecule has 0 saturated carbocycles. The summed E-state index contributed by atoms with van der Waals surface area (Å²) in [5.41, 5.74) is 10.6. The lowest BCUT2D eigenvalue weighted by Gasteiger charge is -2.27.